The van der Waals surface area contributed by atoms with Crippen LogP contribution in [0.25, 0.3) is 5.57 Å². The van der Waals surface area contributed by atoms with Gasteiger partial charge in [-0.05, 0) is 41.8 Å². The fourth-order valence-electron chi connectivity index (χ4n) is 1.06. The van der Waals surface area contributed by atoms with Gasteiger partial charge in [-0.15, -0.1) is 0 Å². The fraction of sp³-hybridized carbons (Fsp3) is 0.0909. The summed E-state index contributed by atoms with van der Waals surface area (Å²) in [5, 5.41) is 8.08. The topological polar surface area (TPSA) is 40.9 Å². The minimum Gasteiger partial charge on any atom is -0.276 e. The van der Waals surface area contributed by atoms with E-state index in [9.17, 15) is 4.79 Å². The molecule has 3 heteroatoms. The Bertz CT molecular complexity index is 412. The second-order valence-electron chi connectivity index (χ2n) is 2.82. The molecule has 0 aliphatic rings. The summed E-state index contributed by atoms with van der Waals surface area (Å²) >= 11 is 5.21. The van der Waals surface area contributed by atoms with E-state index in [0.717, 1.165) is 11.1 Å². The van der Waals surface area contributed by atoms with Gasteiger partial charge in [0.05, 0.1) is 11.6 Å². The zero-order valence-corrected chi connectivity index (χ0v) is 8.38. The van der Waals surface area contributed by atoms with Crippen molar-refractivity contribution in [2.45, 2.75) is 6.92 Å². The molecule has 1 aromatic rings. The predicted octanol–water partition coefficient (Wildman–Crippen LogP) is 2.73. The molecule has 0 aliphatic carbocycles. The third kappa shape index (κ3) is 2.72. The summed E-state index contributed by atoms with van der Waals surface area (Å²) < 4.78 is 0. The van der Waals surface area contributed by atoms with Crippen molar-refractivity contribution in [2.75, 3.05) is 0 Å². The molecule has 0 saturated carbocycles. The summed E-state index contributed by atoms with van der Waals surface area (Å²) in [5.74, 6) is 0. The van der Waals surface area contributed by atoms with E-state index in [1.165, 1.54) is 6.08 Å². The number of rotatable bonds is 2. The number of benzene rings is 1. The van der Waals surface area contributed by atoms with Crippen molar-refractivity contribution in [1.82, 2.24) is 0 Å². The van der Waals surface area contributed by atoms with Crippen molar-refractivity contribution in [3.8, 4) is 6.07 Å². The first-order valence-corrected chi connectivity index (χ1v) is 4.39. The summed E-state index contributed by atoms with van der Waals surface area (Å²) in [6.45, 7) is 1.79. The molecule has 0 heterocycles. The fourth-order valence-corrected chi connectivity index (χ4v) is 1.22. The van der Waals surface area contributed by atoms with Crippen LogP contribution in [0.3, 0.4) is 0 Å². The van der Waals surface area contributed by atoms with Crippen LogP contribution in [0, 0.1) is 11.3 Å². The van der Waals surface area contributed by atoms with E-state index in [1.807, 2.05) is 6.07 Å². The summed E-state index contributed by atoms with van der Waals surface area (Å²) in [7, 11) is 0. The quantitative estimate of drug-likeness (QED) is 0.550. The maximum atomic E-state index is 10.6. The standard InChI is InChI=1S/C11H8ClNO/c1-8(6-11(12)14)10-4-2-9(7-13)3-5-10/h2-6H,1H3/b8-6+. The first-order chi connectivity index (χ1) is 6.63. The minimum atomic E-state index is -0.494. The highest BCUT2D eigenvalue weighted by atomic mass is 35.5. The Morgan fingerprint density at radius 1 is 1.43 bits per heavy atom. The maximum absolute atomic E-state index is 10.6. The normalized spacial score (nSPS) is 10.8. The molecular formula is C11H8ClNO. The van der Waals surface area contributed by atoms with E-state index < -0.39 is 5.24 Å². The van der Waals surface area contributed by atoms with E-state index in [2.05, 4.69) is 0 Å². The number of nitrogens with zero attached hydrogens (tertiary/aromatic N) is 1. The number of carbonyl (C=O) groups excluding carboxylic acids is 1. The molecule has 70 valence electrons. The van der Waals surface area contributed by atoms with Gasteiger partial charge < -0.3 is 0 Å². The maximum Gasteiger partial charge on any atom is 0.245 e. The molecule has 0 radical (unpaired) electrons. The SMILES string of the molecule is C/C(=C\C(=O)Cl)c1ccc(C#N)cc1. The number of nitriles is 1. The van der Waals surface area contributed by atoms with Gasteiger partial charge in [-0.3, -0.25) is 4.79 Å². The molecule has 2 nitrogen and oxygen atoms in total. The molecular weight excluding hydrogens is 198 g/mol. The van der Waals surface area contributed by atoms with Crippen LogP contribution in [-0.4, -0.2) is 5.24 Å². The Labute approximate surface area is 87.4 Å². The van der Waals surface area contributed by atoms with Crippen molar-refractivity contribution >= 4 is 22.4 Å². The van der Waals surface area contributed by atoms with Gasteiger partial charge in [0.25, 0.3) is 0 Å². The van der Waals surface area contributed by atoms with Crippen LogP contribution >= 0.6 is 11.6 Å². The molecule has 14 heavy (non-hydrogen) atoms. The third-order valence-electron chi connectivity index (χ3n) is 1.80. The highest BCUT2D eigenvalue weighted by Gasteiger charge is 1.98. The summed E-state index contributed by atoms with van der Waals surface area (Å²) in [6, 6.07) is 8.98. The molecule has 0 saturated heterocycles. The molecule has 0 N–H and O–H groups in total. The van der Waals surface area contributed by atoms with E-state index in [0.29, 0.717) is 5.56 Å². The lowest BCUT2D eigenvalue weighted by molar-refractivity contribution is -0.107. The van der Waals surface area contributed by atoms with Gasteiger partial charge in [-0.25, -0.2) is 0 Å². The van der Waals surface area contributed by atoms with Gasteiger partial charge in [0.15, 0.2) is 0 Å². The second-order valence-corrected chi connectivity index (χ2v) is 3.19. The molecule has 0 spiro atoms. The Hall–Kier alpha value is -1.59. The number of halogens is 1. The summed E-state index contributed by atoms with van der Waals surface area (Å²) in [6.07, 6.45) is 1.35. The van der Waals surface area contributed by atoms with E-state index in [4.69, 9.17) is 16.9 Å². The predicted molar refractivity (Wildman–Crippen MR) is 55.7 cm³/mol. The van der Waals surface area contributed by atoms with Crippen LogP contribution in [0.4, 0.5) is 0 Å². The number of hydrogen-bond acceptors (Lipinski definition) is 2. The van der Waals surface area contributed by atoms with Crippen LogP contribution in [0.1, 0.15) is 18.1 Å². The van der Waals surface area contributed by atoms with Crippen molar-refractivity contribution in [3.63, 3.8) is 0 Å². The average Bonchev–Trinajstić information content (AvgIpc) is 2.17. The smallest absolute Gasteiger partial charge is 0.245 e. The Kier molecular flexibility index (Phi) is 3.44. The number of carbonyl (C=O) groups is 1. The zero-order valence-electron chi connectivity index (χ0n) is 7.62. The minimum absolute atomic E-state index is 0.494. The molecule has 0 fully saturated rings. The highest BCUT2D eigenvalue weighted by molar-refractivity contribution is 6.66. The van der Waals surface area contributed by atoms with Crippen molar-refractivity contribution in [2.24, 2.45) is 0 Å². The molecule has 1 aromatic carbocycles. The van der Waals surface area contributed by atoms with Gasteiger partial charge in [0.2, 0.25) is 5.24 Å². The Morgan fingerprint density at radius 3 is 2.43 bits per heavy atom. The van der Waals surface area contributed by atoms with E-state index >= 15 is 0 Å². The molecule has 0 aliphatic heterocycles. The first-order valence-electron chi connectivity index (χ1n) is 4.02. The Morgan fingerprint density at radius 2 is 2.00 bits per heavy atom. The van der Waals surface area contributed by atoms with Crippen molar-refractivity contribution in [1.29, 1.82) is 5.26 Å². The van der Waals surface area contributed by atoms with Gasteiger partial charge in [-0.1, -0.05) is 12.1 Å². The molecule has 0 bridgehead atoms. The Balaban J connectivity index is 2.99. The van der Waals surface area contributed by atoms with Crippen LogP contribution in [0.15, 0.2) is 30.3 Å². The molecule has 0 aromatic heterocycles. The van der Waals surface area contributed by atoms with Crippen molar-refractivity contribution in [3.05, 3.63) is 41.5 Å². The highest BCUT2D eigenvalue weighted by Crippen LogP contribution is 2.14. The van der Waals surface area contributed by atoms with Crippen LogP contribution in [0.2, 0.25) is 0 Å². The van der Waals surface area contributed by atoms with E-state index in [1.54, 1.807) is 31.2 Å². The third-order valence-corrected chi connectivity index (χ3v) is 1.91. The van der Waals surface area contributed by atoms with Crippen LogP contribution in [-0.2, 0) is 4.79 Å². The molecule has 0 unspecified atom stereocenters. The molecule has 0 atom stereocenters. The van der Waals surface area contributed by atoms with Crippen LogP contribution < -0.4 is 0 Å². The zero-order chi connectivity index (χ0) is 10.6. The first kappa shape index (κ1) is 10.5. The van der Waals surface area contributed by atoms with Gasteiger partial charge >= 0.3 is 0 Å². The van der Waals surface area contributed by atoms with E-state index in [-0.39, 0.29) is 0 Å². The number of allylic oxidation sites excluding steroid dienone is 2. The van der Waals surface area contributed by atoms with Crippen molar-refractivity contribution < 1.29 is 4.79 Å². The summed E-state index contributed by atoms with van der Waals surface area (Å²) in [5.41, 5.74) is 2.27. The number of hydrogen-bond donors (Lipinski definition) is 0. The second kappa shape index (κ2) is 4.59. The lowest BCUT2D eigenvalue weighted by Crippen LogP contribution is -1.84. The molecule has 0 amide bonds. The lowest BCUT2D eigenvalue weighted by Gasteiger charge is -1.99. The molecule has 1 rings (SSSR count). The average molecular weight is 206 g/mol. The largest absolute Gasteiger partial charge is 0.276 e. The summed E-state index contributed by atoms with van der Waals surface area (Å²) in [4.78, 5) is 10.6. The van der Waals surface area contributed by atoms with Gasteiger partial charge in [0.1, 0.15) is 0 Å². The lowest BCUT2D eigenvalue weighted by atomic mass is 10.1. The monoisotopic (exact) mass is 205 g/mol. The van der Waals surface area contributed by atoms with Gasteiger partial charge in [-0.2, -0.15) is 5.26 Å². The van der Waals surface area contributed by atoms with Crippen LogP contribution in [0.5, 0.6) is 0 Å². The van der Waals surface area contributed by atoms with Gasteiger partial charge in [0, 0.05) is 6.08 Å².